The molecule has 132 valence electrons. The highest BCUT2D eigenvalue weighted by molar-refractivity contribution is 5.78. The number of ether oxygens (including phenoxy) is 2. The Morgan fingerprint density at radius 1 is 1.38 bits per heavy atom. The Bertz CT molecular complexity index is 589. The topological polar surface area (TPSA) is 59.0 Å². The maximum atomic E-state index is 12.7. The van der Waals surface area contributed by atoms with Gasteiger partial charge in [0.15, 0.2) is 6.61 Å². The van der Waals surface area contributed by atoms with Gasteiger partial charge in [-0.3, -0.25) is 4.79 Å². The molecular formula is C19H27NO4. The minimum atomic E-state index is -0.327. The minimum Gasteiger partial charge on any atom is -0.483 e. The molecule has 1 saturated heterocycles. The fraction of sp³-hybridized carbons (Fsp3) is 0.632. The summed E-state index contributed by atoms with van der Waals surface area (Å²) in [6.45, 7) is 5.65. The molecule has 1 saturated carbocycles. The number of carbonyl (C=O) groups is 1. The van der Waals surface area contributed by atoms with Crippen molar-refractivity contribution in [3.8, 4) is 5.75 Å². The standard InChI is InChI=1S/C19H27NO4/c1-13-6-7-14(2)18(10-13)24-12-19(22)20-8-9-23-11-16(20)15-4-3-5-17(15)21/h6-7,10,15-17,21H,3-5,8-9,11-12H2,1-2H3/t15-,16-,17+/m1/s1. The van der Waals surface area contributed by atoms with Crippen LogP contribution in [0, 0.1) is 19.8 Å². The van der Waals surface area contributed by atoms with E-state index in [1.54, 1.807) is 0 Å². The molecule has 3 atom stereocenters. The van der Waals surface area contributed by atoms with E-state index in [2.05, 4.69) is 0 Å². The van der Waals surface area contributed by atoms with Crippen LogP contribution in [0.1, 0.15) is 30.4 Å². The van der Waals surface area contributed by atoms with Crippen LogP contribution in [-0.4, -0.2) is 54.4 Å². The molecule has 0 radical (unpaired) electrons. The molecule has 1 amide bonds. The molecule has 1 heterocycles. The number of hydrogen-bond acceptors (Lipinski definition) is 4. The Labute approximate surface area is 143 Å². The Morgan fingerprint density at radius 3 is 2.96 bits per heavy atom. The lowest BCUT2D eigenvalue weighted by molar-refractivity contribution is -0.146. The maximum Gasteiger partial charge on any atom is 0.260 e. The lowest BCUT2D eigenvalue weighted by atomic mass is 9.94. The molecule has 1 N–H and O–H groups in total. The van der Waals surface area contributed by atoms with E-state index in [-0.39, 0.29) is 30.6 Å². The number of morpholine rings is 1. The van der Waals surface area contributed by atoms with Crippen LogP contribution < -0.4 is 4.74 Å². The molecule has 0 bridgehead atoms. The van der Waals surface area contributed by atoms with Gasteiger partial charge in [-0.2, -0.15) is 0 Å². The van der Waals surface area contributed by atoms with Gasteiger partial charge in [0.1, 0.15) is 5.75 Å². The highest BCUT2D eigenvalue weighted by atomic mass is 16.5. The van der Waals surface area contributed by atoms with E-state index in [1.807, 2.05) is 36.9 Å². The van der Waals surface area contributed by atoms with E-state index < -0.39 is 0 Å². The second kappa shape index (κ2) is 7.53. The van der Waals surface area contributed by atoms with Crippen LogP contribution in [0.3, 0.4) is 0 Å². The van der Waals surface area contributed by atoms with Gasteiger partial charge in [-0.15, -0.1) is 0 Å². The van der Waals surface area contributed by atoms with Gasteiger partial charge in [-0.25, -0.2) is 0 Å². The number of aliphatic hydroxyl groups excluding tert-OH is 1. The lowest BCUT2D eigenvalue weighted by Crippen LogP contribution is -2.54. The first kappa shape index (κ1) is 17.2. The number of aliphatic hydroxyl groups is 1. The zero-order chi connectivity index (χ0) is 17.1. The van der Waals surface area contributed by atoms with Gasteiger partial charge >= 0.3 is 0 Å². The Morgan fingerprint density at radius 2 is 2.21 bits per heavy atom. The summed E-state index contributed by atoms with van der Waals surface area (Å²) in [6, 6.07) is 5.96. The molecule has 5 heteroatoms. The molecule has 2 aliphatic rings. The Hall–Kier alpha value is -1.59. The van der Waals surface area contributed by atoms with Gasteiger partial charge in [-0.05, 0) is 43.9 Å². The van der Waals surface area contributed by atoms with E-state index in [0.717, 1.165) is 36.1 Å². The number of amides is 1. The van der Waals surface area contributed by atoms with Crippen molar-refractivity contribution in [1.29, 1.82) is 0 Å². The predicted molar refractivity (Wildman–Crippen MR) is 91.1 cm³/mol. The van der Waals surface area contributed by atoms with Gasteiger partial charge in [0.05, 0.1) is 25.4 Å². The molecule has 1 aromatic carbocycles. The van der Waals surface area contributed by atoms with Crippen molar-refractivity contribution >= 4 is 5.91 Å². The third-order valence-corrected chi connectivity index (χ3v) is 5.21. The summed E-state index contributed by atoms with van der Waals surface area (Å²) in [6.07, 6.45) is 2.47. The minimum absolute atomic E-state index is 0.0247. The SMILES string of the molecule is Cc1ccc(C)c(OCC(=O)N2CCOC[C@@H]2[C@H]2CCC[C@@H]2O)c1. The molecule has 24 heavy (non-hydrogen) atoms. The largest absolute Gasteiger partial charge is 0.483 e. The van der Waals surface area contributed by atoms with Crippen LogP contribution in [0.15, 0.2) is 18.2 Å². The van der Waals surface area contributed by atoms with Crippen molar-refractivity contribution in [3.63, 3.8) is 0 Å². The van der Waals surface area contributed by atoms with Gasteiger partial charge in [0.2, 0.25) is 0 Å². The summed E-state index contributed by atoms with van der Waals surface area (Å²) in [4.78, 5) is 14.6. The summed E-state index contributed by atoms with van der Waals surface area (Å²) in [5, 5.41) is 10.2. The molecular weight excluding hydrogens is 306 g/mol. The molecule has 1 aliphatic carbocycles. The summed E-state index contributed by atoms with van der Waals surface area (Å²) < 4.78 is 11.4. The molecule has 0 unspecified atom stereocenters. The monoisotopic (exact) mass is 333 g/mol. The average Bonchev–Trinajstić information content (AvgIpc) is 3.01. The Kier molecular flexibility index (Phi) is 5.41. The van der Waals surface area contributed by atoms with Crippen LogP contribution in [0.25, 0.3) is 0 Å². The van der Waals surface area contributed by atoms with E-state index in [0.29, 0.717) is 19.8 Å². The smallest absolute Gasteiger partial charge is 0.260 e. The first-order chi connectivity index (χ1) is 11.6. The van der Waals surface area contributed by atoms with E-state index in [1.165, 1.54) is 0 Å². The Balaban J connectivity index is 1.64. The van der Waals surface area contributed by atoms with Crippen LogP contribution in [0.2, 0.25) is 0 Å². The fourth-order valence-electron chi connectivity index (χ4n) is 3.79. The number of aryl methyl sites for hydroxylation is 2. The number of carbonyl (C=O) groups excluding carboxylic acids is 1. The highest BCUT2D eigenvalue weighted by Crippen LogP contribution is 2.32. The summed E-state index contributed by atoms with van der Waals surface area (Å²) in [5.74, 6) is 0.854. The van der Waals surface area contributed by atoms with Gasteiger partial charge in [-0.1, -0.05) is 18.6 Å². The molecule has 5 nitrogen and oxygen atoms in total. The fourth-order valence-corrected chi connectivity index (χ4v) is 3.79. The van der Waals surface area contributed by atoms with Crippen molar-refractivity contribution in [1.82, 2.24) is 4.90 Å². The molecule has 0 spiro atoms. The molecule has 2 fully saturated rings. The molecule has 3 rings (SSSR count). The summed E-state index contributed by atoms with van der Waals surface area (Å²) in [5.41, 5.74) is 2.14. The van der Waals surface area contributed by atoms with Crippen molar-refractivity contribution < 1.29 is 19.4 Å². The predicted octanol–water partition coefficient (Wildman–Crippen LogP) is 2.07. The van der Waals surface area contributed by atoms with Gasteiger partial charge in [0, 0.05) is 12.5 Å². The third-order valence-electron chi connectivity index (χ3n) is 5.21. The lowest BCUT2D eigenvalue weighted by Gasteiger charge is -2.40. The zero-order valence-corrected chi connectivity index (χ0v) is 14.5. The van der Waals surface area contributed by atoms with E-state index in [9.17, 15) is 9.90 Å². The quantitative estimate of drug-likeness (QED) is 0.916. The third kappa shape index (κ3) is 3.73. The number of nitrogens with zero attached hydrogens (tertiary/aromatic N) is 1. The number of hydrogen-bond donors (Lipinski definition) is 1. The molecule has 0 aromatic heterocycles. The number of benzene rings is 1. The van der Waals surface area contributed by atoms with Crippen molar-refractivity contribution in [2.45, 2.75) is 45.3 Å². The highest BCUT2D eigenvalue weighted by Gasteiger charge is 2.39. The summed E-state index contributed by atoms with van der Waals surface area (Å²) >= 11 is 0. The van der Waals surface area contributed by atoms with Crippen molar-refractivity contribution in [2.24, 2.45) is 5.92 Å². The number of rotatable bonds is 4. The van der Waals surface area contributed by atoms with Crippen molar-refractivity contribution in [2.75, 3.05) is 26.4 Å². The first-order valence-electron chi connectivity index (χ1n) is 8.81. The van der Waals surface area contributed by atoms with Gasteiger partial charge < -0.3 is 19.5 Å². The molecule has 1 aromatic rings. The average molecular weight is 333 g/mol. The normalized spacial score (nSPS) is 27.3. The zero-order valence-electron chi connectivity index (χ0n) is 14.5. The first-order valence-corrected chi connectivity index (χ1v) is 8.81. The van der Waals surface area contributed by atoms with Crippen LogP contribution in [-0.2, 0) is 9.53 Å². The van der Waals surface area contributed by atoms with Crippen molar-refractivity contribution in [3.05, 3.63) is 29.3 Å². The van der Waals surface area contributed by atoms with Gasteiger partial charge in [0.25, 0.3) is 5.91 Å². The van der Waals surface area contributed by atoms with Crippen LogP contribution in [0.4, 0.5) is 0 Å². The van der Waals surface area contributed by atoms with E-state index >= 15 is 0 Å². The van der Waals surface area contributed by atoms with Crippen LogP contribution >= 0.6 is 0 Å². The maximum absolute atomic E-state index is 12.7. The van der Waals surface area contributed by atoms with Crippen LogP contribution in [0.5, 0.6) is 5.75 Å². The second-order valence-corrected chi connectivity index (χ2v) is 6.95. The second-order valence-electron chi connectivity index (χ2n) is 6.95. The molecule has 1 aliphatic heterocycles. The summed E-state index contributed by atoms with van der Waals surface area (Å²) in [7, 11) is 0. The van der Waals surface area contributed by atoms with E-state index in [4.69, 9.17) is 9.47 Å².